The molecule has 0 aliphatic carbocycles. The fourth-order valence-electron chi connectivity index (χ4n) is 2.97. The Bertz CT molecular complexity index is 1070. The van der Waals surface area contributed by atoms with Crippen LogP contribution >= 0.6 is 11.3 Å². The van der Waals surface area contributed by atoms with Crippen molar-refractivity contribution in [3.05, 3.63) is 93.3 Å². The van der Waals surface area contributed by atoms with E-state index in [0.29, 0.717) is 12.2 Å². The SMILES string of the molecule is Cc1ccccc1OC[C@@H](C)NC(=O)/C(=C/c1cccs1)NC(=O)c1ccccc1C. The summed E-state index contributed by atoms with van der Waals surface area (Å²) in [7, 11) is 0. The van der Waals surface area contributed by atoms with E-state index >= 15 is 0 Å². The molecule has 0 aliphatic heterocycles. The van der Waals surface area contributed by atoms with Gasteiger partial charge in [-0.1, -0.05) is 42.5 Å². The van der Waals surface area contributed by atoms with Gasteiger partial charge in [-0.25, -0.2) is 0 Å². The number of hydrogen-bond acceptors (Lipinski definition) is 4. The first-order valence-electron chi connectivity index (χ1n) is 10.1. The Hall–Kier alpha value is -3.38. The Kier molecular flexibility index (Phi) is 7.62. The standard InChI is InChI=1S/C25H26N2O3S/c1-17-9-4-6-12-21(17)24(28)27-22(15-20-11-8-14-31-20)25(29)26-19(3)16-30-23-13-7-5-10-18(23)2/h4-15,19H,16H2,1-3H3,(H,26,29)(H,27,28)/b22-15-/t19-/m1/s1. The highest BCUT2D eigenvalue weighted by Crippen LogP contribution is 2.17. The summed E-state index contributed by atoms with van der Waals surface area (Å²) in [6.07, 6.45) is 1.69. The summed E-state index contributed by atoms with van der Waals surface area (Å²) in [5.74, 6) is 0.0990. The third kappa shape index (κ3) is 6.30. The molecular weight excluding hydrogens is 408 g/mol. The largest absolute Gasteiger partial charge is 0.491 e. The molecule has 160 valence electrons. The molecule has 6 heteroatoms. The number of aryl methyl sites for hydroxylation is 2. The molecule has 5 nitrogen and oxygen atoms in total. The first-order chi connectivity index (χ1) is 14.9. The Balaban J connectivity index is 1.70. The van der Waals surface area contributed by atoms with Crippen LogP contribution < -0.4 is 15.4 Å². The highest BCUT2D eigenvalue weighted by molar-refractivity contribution is 7.10. The van der Waals surface area contributed by atoms with Crippen molar-refractivity contribution < 1.29 is 14.3 Å². The van der Waals surface area contributed by atoms with Crippen LogP contribution in [0.15, 0.2) is 71.7 Å². The molecule has 0 saturated carbocycles. The average molecular weight is 435 g/mol. The molecular formula is C25H26N2O3S. The van der Waals surface area contributed by atoms with Crippen molar-refractivity contribution in [2.24, 2.45) is 0 Å². The highest BCUT2D eigenvalue weighted by Gasteiger charge is 2.18. The Morgan fingerprint density at radius 1 is 1.00 bits per heavy atom. The minimum atomic E-state index is -0.365. The van der Waals surface area contributed by atoms with Crippen molar-refractivity contribution in [2.45, 2.75) is 26.8 Å². The number of amides is 2. The molecule has 0 spiro atoms. The Morgan fingerprint density at radius 3 is 2.39 bits per heavy atom. The van der Waals surface area contributed by atoms with Gasteiger partial charge < -0.3 is 15.4 Å². The molecule has 2 aromatic carbocycles. The van der Waals surface area contributed by atoms with Crippen molar-refractivity contribution in [1.82, 2.24) is 10.6 Å². The Labute approximate surface area is 186 Å². The molecule has 2 N–H and O–H groups in total. The molecule has 0 bridgehead atoms. The first-order valence-corrected chi connectivity index (χ1v) is 10.9. The number of hydrogen-bond donors (Lipinski definition) is 2. The summed E-state index contributed by atoms with van der Waals surface area (Å²) in [4.78, 5) is 26.6. The molecule has 1 aromatic heterocycles. The van der Waals surface area contributed by atoms with Crippen molar-refractivity contribution in [3.63, 3.8) is 0 Å². The summed E-state index contributed by atoms with van der Waals surface area (Å²) in [6.45, 7) is 6.01. The summed E-state index contributed by atoms with van der Waals surface area (Å²) in [5, 5.41) is 7.61. The van der Waals surface area contributed by atoms with Crippen LogP contribution in [0.1, 0.15) is 33.3 Å². The molecule has 2 amide bonds. The van der Waals surface area contributed by atoms with Crippen molar-refractivity contribution >= 4 is 29.2 Å². The molecule has 1 atom stereocenters. The van der Waals surface area contributed by atoms with Gasteiger partial charge in [0.2, 0.25) is 0 Å². The minimum absolute atomic E-state index is 0.193. The fraction of sp³-hybridized carbons (Fsp3) is 0.200. The van der Waals surface area contributed by atoms with E-state index in [-0.39, 0.29) is 23.6 Å². The summed E-state index contributed by atoms with van der Waals surface area (Å²) in [6, 6.07) is 18.5. The minimum Gasteiger partial charge on any atom is -0.491 e. The molecule has 0 fully saturated rings. The zero-order chi connectivity index (χ0) is 22.2. The second-order valence-electron chi connectivity index (χ2n) is 7.29. The normalized spacial score (nSPS) is 12.2. The lowest BCUT2D eigenvalue weighted by Gasteiger charge is -2.18. The topological polar surface area (TPSA) is 67.4 Å². The van der Waals surface area contributed by atoms with Crippen LogP contribution in [0.4, 0.5) is 0 Å². The third-order valence-electron chi connectivity index (χ3n) is 4.67. The van der Waals surface area contributed by atoms with Gasteiger partial charge in [0, 0.05) is 10.4 Å². The van der Waals surface area contributed by atoms with Crippen LogP contribution in [0.3, 0.4) is 0 Å². The Morgan fingerprint density at radius 2 is 1.71 bits per heavy atom. The molecule has 0 unspecified atom stereocenters. The van der Waals surface area contributed by atoms with Gasteiger partial charge in [0.15, 0.2) is 0 Å². The van der Waals surface area contributed by atoms with Gasteiger partial charge in [0.25, 0.3) is 11.8 Å². The van der Waals surface area contributed by atoms with Gasteiger partial charge in [-0.05, 0) is 61.6 Å². The lowest BCUT2D eigenvalue weighted by molar-refractivity contribution is -0.118. The van der Waals surface area contributed by atoms with Gasteiger partial charge in [0.05, 0.1) is 6.04 Å². The quantitative estimate of drug-likeness (QED) is 0.504. The van der Waals surface area contributed by atoms with E-state index in [1.54, 1.807) is 18.2 Å². The number of benzene rings is 2. The maximum atomic E-state index is 13.0. The number of ether oxygens (including phenoxy) is 1. The van der Waals surface area contributed by atoms with Crippen LogP contribution in [0.5, 0.6) is 5.75 Å². The molecule has 3 rings (SSSR count). The predicted octanol–water partition coefficient (Wildman–Crippen LogP) is 4.72. The monoisotopic (exact) mass is 434 g/mol. The van der Waals surface area contributed by atoms with E-state index in [1.165, 1.54) is 11.3 Å². The van der Waals surface area contributed by atoms with E-state index in [4.69, 9.17) is 4.74 Å². The molecule has 0 saturated heterocycles. The number of carbonyl (C=O) groups is 2. The number of thiophene rings is 1. The number of nitrogens with one attached hydrogen (secondary N) is 2. The van der Waals surface area contributed by atoms with Gasteiger partial charge in [-0.3, -0.25) is 9.59 Å². The van der Waals surface area contributed by atoms with E-state index in [0.717, 1.165) is 21.8 Å². The summed E-state index contributed by atoms with van der Waals surface area (Å²) < 4.78 is 5.83. The van der Waals surface area contributed by atoms with Gasteiger partial charge in [0.1, 0.15) is 18.1 Å². The molecule has 0 aliphatic rings. The highest BCUT2D eigenvalue weighted by atomic mass is 32.1. The maximum absolute atomic E-state index is 13.0. The van der Waals surface area contributed by atoms with Crippen LogP contribution in [0.2, 0.25) is 0 Å². The fourth-order valence-corrected chi connectivity index (χ4v) is 3.63. The second-order valence-corrected chi connectivity index (χ2v) is 8.27. The average Bonchev–Trinajstić information content (AvgIpc) is 3.26. The van der Waals surface area contributed by atoms with Crippen molar-refractivity contribution in [1.29, 1.82) is 0 Å². The summed E-state index contributed by atoms with van der Waals surface area (Å²) in [5.41, 5.74) is 2.60. The van der Waals surface area contributed by atoms with Crippen molar-refractivity contribution in [3.8, 4) is 5.75 Å². The number of para-hydroxylation sites is 1. The van der Waals surface area contributed by atoms with Crippen LogP contribution in [0, 0.1) is 13.8 Å². The third-order valence-corrected chi connectivity index (χ3v) is 5.49. The summed E-state index contributed by atoms with van der Waals surface area (Å²) >= 11 is 1.49. The molecule has 0 radical (unpaired) electrons. The van der Waals surface area contributed by atoms with E-state index in [9.17, 15) is 9.59 Å². The smallest absolute Gasteiger partial charge is 0.268 e. The second kappa shape index (κ2) is 10.6. The molecule has 31 heavy (non-hydrogen) atoms. The zero-order valence-corrected chi connectivity index (χ0v) is 18.7. The van der Waals surface area contributed by atoms with Crippen LogP contribution in [-0.2, 0) is 4.79 Å². The molecule has 1 heterocycles. The number of carbonyl (C=O) groups excluding carboxylic acids is 2. The van der Waals surface area contributed by atoms with E-state index in [2.05, 4.69) is 10.6 Å². The first kappa shape index (κ1) is 22.3. The maximum Gasteiger partial charge on any atom is 0.268 e. The predicted molar refractivity (Wildman–Crippen MR) is 125 cm³/mol. The van der Waals surface area contributed by atoms with Crippen molar-refractivity contribution in [2.75, 3.05) is 6.61 Å². The zero-order valence-electron chi connectivity index (χ0n) is 17.8. The van der Waals surface area contributed by atoms with E-state index in [1.807, 2.05) is 74.7 Å². The number of rotatable bonds is 8. The van der Waals surface area contributed by atoms with Crippen LogP contribution in [0.25, 0.3) is 6.08 Å². The van der Waals surface area contributed by atoms with Gasteiger partial charge in [-0.2, -0.15) is 0 Å². The van der Waals surface area contributed by atoms with E-state index < -0.39 is 0 Å². The van der Waals surface area contributed by atoms with Crippen LogP contribution in [-0.4, -0.2) is 24.5 Å². The van der Waals surface area contributed by atoms with Gasteiger partial charge >= 0.3 is 0 Å². The molecule has 3 aromatic rings. The lowest BCUT2D eigenvalue weighted by atomic mass is 10.1. The van der Waals surface area contributed by atoms with Gasteiger partial charge in [-0.15, -0.1) is 11.3 Å². The lowest BCUT2D eigenvalue weighted by Crippen LogP contribution is -2.41.